The highest BCUT2D eigenvalue weighted by Crippen LogP contribution is 2.20. The molecule has 0 saturated carbocycles. The number of nitrogens with zero attached hydrogens (tertiary/aromatic N) is 1. The summed E-state index contributed by atoms with van der Waals surface area (Å²) in [5, 5.41) is 0. The molecular weight excluding hydrogens is 300 g/mol. The van der Waals surface area contributed by atoms with Gasteiger partial charge in [-0.1, -0.05) is 31.5 Å². The number of hydrogen-bond donors (Lipinski definition) is 1. The maximum absolute atomic E-state index is 12.5. The number of hydrogen-bond acceptors (Lipinski definition) is 3. The summed E-state index contributed by atoms with van der Waals surface area (Å²) in [5.74, 6) is 0.383. The fourth-order valence-corrected chi connectivity index (χ4v) is 4.04. The van der Waals surface area contributed by atoms with Gasteiger partial charge in [0.05, 0.1) is 10.9 Å². The molecule has 0 radical (unpaired) electrons. The second-order valence-electron chi connectivity index (χ2n) is 5.86. The van der Waals surface area contributed by atoms with E-state index in [-0.39, 0.29) is 10.8 Å². The number of rotatable bonds is 5. The molecule has 1 aliphatic heterocycles. The number of sulfonamides is 1. The van der Waals surface area contributed by atoms with Crippen molar-refractivity contribution in [2.45, 2.75) is 44.0 Å². The lowest BCUT2D eigenvalue weighted by molar-refractivity contribution is -0.134. The van der Waals surface area contributed by atoms with Gasteiger partial charge in [-0.05, 0) is 37.8 Å². The van der Waals surface area contributed by atoms with Crippen LogP contribution in [-0.2, 0) is 14.8 Å². The summed E-state index contributed by atoms with van der Waals surface area (Å²) in [7, 11) is -3.66. The van der Waals surface area contributed by atoms with Crippen LogP contribution in [0.1, 0.15) is 33.1 Å². The summed E-state index contributed by atoms with van der Waals surface area (Å²) < 4.78 is 27.0. The molecule has 0 bridgehead atoms. The first-order valence-corrected chi connectivity index (χ1v) is 9.28. The van der Waals surface area contributed by atoms with E-state index in [2.05, 4.69) is 11.6 Å². The highest BCUT2D eigenvalue weighted by atomic mass is 32.2. The molecule has 1 saturated heterocycles. The summed E-state index contributed by atoms with van der Waals surface area (Å²) in [5.41, 5.74) is 0. The van der Waals surface area contributed by atoms with Crippen molar-refractivity contribution >= 4 is 15.9 Å². The van der Waals surface area contributed by atoms with Crippen molar-refractivity contribution in [3.63, 3.8) is 0 Å². The third kappa shape index (κ3) is 4.08. The highest BCUT2D eigenvalue weighted by molar-refractivity contribution is 7.89. The van der Waals surface area contributed by atoms with Crippen LogP contribution in [0, 0.1) is 5.92 Å². The van der Waals surface area contributed by atoms with Crippen molar-refractivity contribution in [3.8, 4) is 0 Å². The number of carbonyl (C=O) groups excluding carboxylic acids is 1. The molecule has 6 heteroatoms. The fraction of sp³-hybridized carbons (Fsp3) is 0.562. The minimum Gasteiger partial charge on any atom is -0.341 e. The summed E-state index contributed by atoms with van der Waals surface area (Å²) in [4.78, 5) is 14.4. The Morgan fingerprint density at radius 3 is 2.68 bits per heavy atom. The highest BCUT2D eigenvalue weighted by Gasteiger charge is 2.28. The van der Waals surface area contributed by atoms with Crippen LogP contribution in [0.2, 0.25) is 0 Å². The number of amides is 1. The predicted octanol–water partition coefficient (Wildman–Crippen LogP) is 2.00. The summed E-state index contributed by atoms with van der Waals surface area (Å²) in [6.07, 6.45) is 3.18. The van der Waals surface area contributed by atoms with Crippen molar-refractivity contribution in [2.24, 2.45) is 5.92 Å². The van der Waals surface area contributed by atoms with Crippen LogP contribution in [0.3, 0.4) is 0 Å². The van der Waals surface area contributed by atoms with Crippen molar-refractivity contribution in [3.05, 3.63) is 30.3 Å². The monoisotopic (exact) mass is 324 g/mol. The molecular formula is C16H24N2O3S. The van der Waals surface area contributed by atoms with Crippen LogP contribution in [0.25, 0.3) is 0 Å². The Bertz CT molecular complexity index is 601. The van der Waals surface area contributed by atoms with E-state index in [1.54, 1.807) is 30.0 Å². The zero-order valence-corrected chi connectivity index (χ0v) is 14.0. The largest absolute Gasteiger partial charge is 0.341 e. The van der Waals surface area contributed by atoms with Crippen LogP contribution >= 0.6 is 0 Å². The summed E-state index contributed by atoms with van der Waals surface area (Å²) >= 11 is 0. The maximum atomic E-state index is 12.5. The molecule has 0 spiro atoms. The first-order chi connectivity index (χ1) is 10.4. The zero-order chi connectivity index (χ0) is 16.2. The maximum Gasteiger partial charge on any atom is 0.241 e. The molecule has 1 fully saturated rings. The Kier molecular flexibility index (Phi) is 5.58. The Labute approximate surface area is 132 Å². The minimum atomic E-state index is -3.66. The fourth-order valence-electron chi connectivity index (χ4n) is 2.82. The standard InChI is InChI=1S/C16H24N2O3S/c1-3-14-8-7-11-18(12-14)16(19)13(2)17-22(20,21)15-9-5-4-6-10-15/h4-6,9-10,13-14,17H,3,7-8,11-12H2,1-2H3/t13-,14?/m0/s1. The summed E-state index contributed by atoms with van der Waals surface area (Å²) in [6.45, 7) is 5.18. The molecule has 0 aliphatic carbocycles. The van der Waals surface area contributed by atoms with E-state index >= 15 is 0 Å². The lowest BCUT2D eigenvalue weighted by atomic mass is 9.95. The smallest absolute Gasteiger partial charge is 0.241 e. The Hall–Kier alpha value is -1.40. The van der Waals surface area contributed by atoms with E-state index < -0.39 is 16.1 Å². The van der Waals surface area contributed by atoms with Gasteiger partial charge in [0.2, 0.25) is 15.9 Å². The van der Waals surface area contributed by atoms with E-state index in [0.29, 0.717) is 12.5 Å². The number of likely N-dealkylation sites (tertiary alicyclic amines) is 1. The van der Waals surface area contributed by atoms with Gasteiger partial charge in [-0.3, -0.25) is 4.79 Å². The van der Waals surface area contributed by atoms with E-state index in [0.717, 1.165) is 25.8 Å². The van der Waals surface area contributed by atoms with E-state index in [1.165, 1.54) is 12.1 Å². The Morgan fingerprint density at radius 1 is 1.36 bits per heavy atom. The van der Waals surface area contributed by atoms with Gasteiger partial charge in [-0.2, -0.15) is 4.72 Å². The van der Waals surface area contributed by atoms with Crippen LogP contribution in [0.4, 0.5) is 0 Å². The van der Waals surface area contributed by atoms with Crippen molar-refractivity contribution in [1.82, 2.24) is 9.62 Å². The van der Waals surface area contributed by atoms with Crippen LogP contribution in [0.5, 0.6) is 0 Å². The molecule has 1 aromatic carbocycles. The molecule has 1 N–H and O–H groups in total. The van der Waals surface area contributed by atoms with E-state index in [1.807, 2.05) is 0 Å². The first-order valence-electron chi connectivity index (χ1n) is 7.80. The third-order valence-electron chi connectivity index (χ3n) is 4.16. The quantitative estimate of drug-likeness (QED) is 0.901. The van der Waals surface area contributed by atoms with Gasteiger partial charge in [0.25, 0.3) is 0 Å². The molecule has 1 unspecified atom stereocenters. The SMILES string of the molecule is CCC1CCCN(C(=O)[C@H](C)NS(=O)(=O)c2ccccc2)C1. The van der Waals surface area contributed by atoms with Crippen LogP contribution in [0.15, 0.2) is 35.2 Å². The van der Waals surface area contributed by atoms with Gasteiger partial charge in [0.1, 0.15) is 0 Å². The van der Waals surface area contributed by atoms with Gasteiger partial charge < -0.3 is 4.90 Å². The number of benzene rings is 1. The van der Waals surface area contributed by atoms with Crippen molar-refractivity contribution in [2.75, 3.05) is 13.1 Å². The first kappa shape index (κ1) is 17.0. The Balaban J connectivity index is 2.02. The van der Waals surface area contributed by atoms with Crippen molar-refractivity contribution in [1.29, 1.82) is 0 Å². The average molecular weight is 324 g/mol. The molecule has 1 aliphatic rings. The predicted molar refractivity (Wildman–Crippen MR) is 85.8 cm³/mol. The van der Waals surface area contributed by atoms with E-state index in [4.69, 9.17) is 0 Å². The molecule has 5 nitrogen and oxygen atoms in total. The average Bonchev–Trinajstić information content (AvgIpc) is 2.54. The summed E-state index contributed by atoms with van der Waals surface area (Å²) in [6, 6.07) is 7.38. The molecule has 2 atom stereocenters. The van der Waals surface area contributed by atoms with Crippen molar-refractivity contribution < 1.29 is 13.2 Å². The number of nitrogens with one attached hydrogen (secondary N) is 1. The molecule has 0 aromatic heterocycles. The molecule has 1 heterocycles. The second-order valence-corrected chi connectivity index (χ2v) is 7.57. The molecule has 22 heavy (non-hydrogen) atoms. The minimum absolute atomic E-state index is 0.141. The van der Waals surface area contributed by atoms with Gasteiger partial charge in [-0.25, -0.2) is 8.42 Å². The lowest BCUT2D eigenvalue weighted by Crippen LogP contribution is -2.49. The number of carbonyl (C=O) groups is 1. The normalized spacial score (nSPS) is 20.6. The molecule has 1 aromatic rings. The second kappa shape index (κ2) is 7.24. The third-order valence-corrected chi connectivity index (χ3v) is 5.72. The van der Waals surface area contributed by atoms with Crippen LogP contribution in [-0.4, -0.2) is 38.4 Å². The van der Waals surface area contributed by atoms with Gasteiger partial charge in [-0.15, -0.1) is 0 Å². The van der Waals surface area contributed by atoms with Crippen LogP contribution < -0.4 is 4.72 Å². The van der Waals surface area contributed by atoms with Gasteiger partial charge in [0.15, 0.2) is 0 Å². The molecule has 122 valence electrons. The zero-order valence-electron chi connectivity index (χ0n) is 13.2. The molecule has 1 amide bonds. The number of piperidine rings is 1. The molecule has 2 rings (SSSR count). The topological polar surface area (TPSA) is 66.5 Å². The lowest BCUT2D eigenvalue weighted by Gasteiger charge is -2.34. The van der Waals surface area contributed by atoms with E-state index in [9.17, 15) is 13.2 Å². The Morgan fingerprint density at radius 2 is 2.05 bits per heavy atom. The van der Waals surface area contributed by atoms with Gasteiger partial charge in [0, 0.05) is 13.1 Å². The van der Waals surface area contributed by atoms with Gasteiger partial charge >= 0.3 is 0 Å².